The Morgan fingerprint density at radius 1 is 1.14 bits per heavy atom. The molecule has 3 rings (SSSR count). The minimum Gasteiger partial charge on any atom is -0.438 e. The van der Waals surface area contributed by atoms with Gasteiger partial charge < -0.3 is 10.1 Å². The van der Waals surface area contributed by atoms with Crippen LogP contribution in [0.15, 0.2) is 29.6 Å². The molecule has 1 N–H and O–H groups in total. The van der Waals surface area contributed by atoms with Crippen LogP contribution >= 0.6 is 11.3 Å². The number of anilines is 1. The van der Waals surface area contributed by atoms with Gasteiger partial charge in [0.05, 0.1) is 5.39 Å². The van der Waals surface area contributed by atoms with Crippen LogP contribution < -0.4 is 10.1 Å². The topological polar surface area (TPSA) is 47.0 Å². The van der Waals surface area contributed by atoms with E-state index in [1.807, 2.05) is 30.5 Å². The summed E-state index contributed by atoms with van der Waals surface area (Å²) in [4.78, 5) is 9.88. The van der Waals surface area contributed by atoms with E-state index in [0.717, 1.165) is 22.5 Å². The summed E-state index contributed by atoms with van der Waals surface area (Å²) in [6.07, 6.45) is 0. The highest BCUT2D eigenvalue weighted by atomic mass is 32.1. The predicted octanol–water partition coefficient (Wildman–Crippen LogP) is 4.53. The molecule has 1 aromatic carbocycles. The molecule has 0 bridgehead atoms. The Labute approximate surface area is 127 Å². The Bertz CT molecular complexity index is 782. The summed E-state index contributed by atoms with van der Waals surface area (Å²) in [7, 11) is 0. The van der Waals surface area contributed by atoms with Crippen molar-refractivity contribution in [2.75, 3.05) is 11.9 Å². The van der Waals surface area contributed by atoms with Gasteiger partial charge in [0.15, 0.2) is 0 Å². The molecule has 4 nitrogen and oxygen atoms in total. The zero-order valence-electron chi connectivity index (χ0n) is 12.3. The van der Waals surface area contributed by atoms with Crippen molar-refractivity contribution in [2.45, 2.75) is 20.8 Å². The van der Waals surface area contributed by atoms with Crippen molar-refractivity contribution in [1.29, 1.82) is 0 Å². The molecule has 0 spiro atoms. The van der Waals surface area contributed by atoms with Gasteiger partial charge >= 0.3 is 0 Å². The maximum Gasteiger partial charge on any atom is 0.232 e. The van der Waals surface area contributed by atoms with E-state index in [4.69, 9.17) is 4.74 Å². The van der Waals surface area contributed by atoms with Crippen molar-refractivity contribution in [3.63, 3.8) is 0 Å². The van der Waals surface area contributed by atoms with E-state index in [1.165, 1.54) is 11.1 Å². The monoisotopic (exact) mass is 299 g/mol. The van der Waals surface area contributed by atoms with E-state index in [2.05, 4.69) is 35.2 Å². The first kappa shape index (κ1) is 13.8. The van der Waals surface area contributed by atoms with E-state index in [-0.39, 0.29) is 0 Å². The lowest BCUT2D eigenvalue weighted by Gasteiger charge is -2.09. The molecule has 0 fully saturated rings. The molecular formula is C16H17N3OS. The summed E-state index contributed by atoms with van der Waals surface area (Å²) in [5, 5.41) is 6.09. The number of fused-ring (bicyclic) bond motifs is 1. The molecule has 0 aliphatic carbocycles. The van der Waals surface area contributed by atoms with Crippen molar-refractivity contribution < 1.29 is 4.74 Å². The molecule has 2 heterocycles. The molecule has 2 aromatic heterocycles. The number of thiophene rings is 1. The highest BCUT2D eigenvalue weighted by Gasteiger charge is 2.11. The SMILES string of the molecule is CCNc1nc(Oc2ccc(C)c(C)c2)c2ccsc2n1. The molecule has 3 aromatic rings. The van der Waals surface area contributed by atoms with Gasteiger partial charge in [0.25, 0.3) is 0 Å². The van der Waals surface area contributed by atoms with Crippen LogP contribution in [0.4, 0.5) is 5.95 Å². The van der Waals surface area contributed by atoms with Gasteiger partial charge in [-0.25, -0.2) is 4.98 Å². The Morgan fingerprint density at radius 2 is 2.00 bits per heavy atom. The lowest BCUT2D eigenvalue weighted by Crippen LogP contribution is -2.03. The Kier molecular flexibility index (Phi) is 3.75. The van der Waals surface area contributed by atoms with Crippen molar-refractivity contribution in [1.82, 2.24) is 9.97 Å². The van der Waals surface area contributed by atoms with Crippen LogP contribution in [0, 0.1) is 13.8 Å². The zero-order valence-corrected chi connectivity index (χ0v) is 13.1. The summed E-state index contributed by atoms with van der Waals surface area (Å²) in [5.41, 5.74) is 2.45. The molecule has 0 saturated carbocycles. The summed E-state index contributed by atoms with van der Waals surface area (Å²) in [5.74, 6) is 2.00. The van der Waals surface area contributed by atoms with Crippen molar-refractivity contribution >= 4 is 27.5 Å². The van der Waals surface area contributed by atoms with Crippen LogP contribution in [0.2, 0.25) is 0 Å². The van der Waals surface area contributed by atoms with Crippen LogP contribution in [0.1, 0.15) is 18.1 Å². The average Bonchev–Trinajstić information content (AvgIpc) is 2.92. The van der Waals surface area contributed by atoms with Crippen LogP contribution in [0.5, 0.6) is 11.6 Å². The lowest BCUT2D eigenvalue weighted by molar-refractivity contribution is 0.468. The maximum absolute atomic E-state index is 5.99. The van der Waals surface area contributed by atoms with Gasteiger partial charge in [0.2, 0.25) is 11.8 Å². The first-order valence-electron chi connectivity index (χ1n) is 6.91. The van der Waals surface area contributed by atoms with E-state index < -0.39 is 0 Å². The highest BCUT2D eigenvalue weighted by molar-refractivity contribution is 7.16. The van der Waals surface area contributed by atoms with Crippen LogP contribution in [0.3, 0.4) is 0 Å². The van der Waals surface area contributed by atoms with Crippen LogP contribution in [-0.2, 0) is 0 Å². The maximum atomic E-state index is 5.99. The molecule has 0 radical (unpaired) electrons. The smallest absolute Gasteiger partial charge is 0.232 e. The number of ether oxygens (including phenoxy) is 1. The summed E-state index contributed by atoms with van der Waals surface area (Å²) < 4.78 is 5.99. The summed E-state index contributed by atoms with van der Waals surface area (Å²) in [6.45, 7) is 6.96. The second-order valence-electron chi connectivity index (χ2n) is 4.87. The molecule has 0 saturated heterocycles. The van der Waals surface area contributed by atoms with E-state index in [1.54, 1.807) is 11.3 Å². The van der Waals surface area contributed by atoms with Crippen molar-refractivity contribution in [2.24, 2.45) is 0 Å². The molecule has 0 atom stereocenters. The number of aryl methyl sites for hydroxylation is 2. The number of aromatic nitrogens is 2. The Hall–Kier alpha value is -2.14. The third-order valence-corrected chi connectivity index (χ3v) is 4.12. The van der Waals surface area contributed by atoms with Crippen molar-refractivity contribution in [3.05, 3.63) is 40.8 Å². The minimum absolute atomic E-state index is 0.598. The van der Waals surface area contributed by atoms with Gasteiger partial charge in [0.1, 0.15) is 10.6 Å². The molecule has 5 heteroatoms. The van der Waals surface area contributed by atoms with Gasteiger partial charge in [-0.15, -0.1) is 11.3 Å². The Balaban J connectivity index is 2.01. The van der Waals surface area contributed by atoms with Gasteiger partial charge in [-0.05, 0) is 55.5 Å². The number of hydrogen-bond donors (Lipinski definition) is 1. The standard InChI is InChI=1S/C16H17N3OS/c1-4-17-16-18-14(13-7-8-21-15(13)19-16)20-12-6-5-10(2)11(3)9-12/h5-9H,4H2,1-3H3,(H,17,18,19). The first-order valence-corrected chi connectivity index (χ1v) is 7.79. The van der Waals surface area contributed by atoms with Crippen LogP contribution in [0.25, 0.3) is 10.2 Å². The second-order valence-corrected chi connectivity index (χ2v) is 5.76. The van der Waals surface area contributed by atoms with Gasteiger partial charge in [-0.1, -0.05) is 6.07 Å². The molecule has 108 valence electrons. The average molecular weight is 299 g/mol. The number of nitrogens with one attached hydrogen (secondary N) is 1. The van der Waals surface area contributed by atoms with Gasteiger partial charge in [-0.3, -0.25) is 0 Å². The number of hydrogen-bond acceptors (Lipinski definition) is 5. The molecule has 0 amide bonds. The quantitative estimate of drug-likeness (QED) is 0.768. The fourth-order valence-corrected chi connectivity index (χ4v) is 2.79. The van der Waals surface area contributed by atoms with Crippen molar-refractivity contribution in [3.8, 4) is 11.6 Å². The zero-order chi connectivity index (χ0) is 14.8. The molecule has 0 aliphatic heterocycles. The predicted molar refractivity (Wildman–Crippen MR) is 87.6 cm³/mol. The third-order valence-electron chi connectivity index (χ3n) is 3.32. The Morgan fingerprint density at radius 3 is 2.76 bits per heavy atom. The highest BCUT2D eigenvalue weighted by Crippen LogP contribution is 2.32. The fourth-order valence-electron chi connectivity index (χ4n) is 2.03. The van der Waals surface area contributed by atoms with Crippen LogP contribution in [-0.4, -0.2) is 16.5 Å². The number of nitrogens with zero attached hydrogens (tertiary/aromatic N) is 2. The molecular weight excluding hydrogens is 282 g/mol. The summed E-state index contributed by atoms with van der Waals surface area (Å²) >= 11 is 1.59. The third kappa shape index (κ3) is 2.83. The molecule has 0 unspecified atom stereocenters. The molecule has 21 heavy (non-hydrogen) atoms. The summed E-state index contributed by atoms with van der Waals surface area (Å²) in [6, 6.07) is 8.05. The normalized spacial score (nSPS) is 10.8. The fraction of sp³-hybridized carbons (Fsp3) is 0.250. The first-order chi connectivity index (χ1) is 10.2. The van der Waals surface area contributed by atoms with E-state index in [0.29, 0.717) is 11.8 Å². The number of benzene rings is 1. The van der Waals surface area contributed by atoms with Gasteiger partial charge in [-0.2, -0.15) is 4.98 Å². The second kappa shape index (κ2) is 5.69. The van der Waals surface area contributed by atoms with E-state index in [9.17, 15) is 0 Å². The largest absolute Gasteiger partial charge is 0.438 e. The molecule has 0 aliphatic rings. The lowest BCUT2D eigenvalue weighted by atomic mass is 10.1. The van der Waals surface area contributed by atoms with Gasteiger partial charge in [0, 0.05) is 6.54 Å². The minimum atomic E-state index is 0.598. The number of rotatable bonds is 4. The van der Waals surface area contributed by atoms with E-state index >= 15 is 0 Å².